The van der Waals surface area contributed by atoms with Gasteiger partial charge in [-0.2, -0.15) is 0 Å². The van der Waals surface area contributed by atoms with Gasteiger partial charge in [-0.25, -0.2) is 0 Å². The minimum Gasteiger partial charge on any atom is -0.308 e. The summed E-state index contributed by atoms with van der Waals surface area (Å²) in [5.74, 6) is 0.372. The highest BCUT2D eigenvalue weighted by Gasteiger charge is 2.19. The van der Waals surface area contributed by atoms with Crippen LogP contribution in [0.4, 0.5) is 0 Å². The van der Waals surface area contributed by atoms with Gasteiger partial charge in [-0.15, -0.1) is 0 Å². The first kappa shape index (κ1) is 17.9. The summed E-state index contributed by atoms with van der Waals surface area (Å²) in [6.45, 7) is 8.56. The molecule has 2 nitrogen and oxygen atoms in total. The van der Waals surface area contributed by atoms with Gasteiger partial charge in [-0.3, -0.25) is 0 Å². The van der Waals surface area contributed by atoms with E-state index in [1.54, 1.807) is 0 Å². The van der Waals surface area contributed by atoms with Crippen LogP contribution >= 0.6 is 0 Å². The summed E-state index contributed by atoms with van der Waals surface area (Å²) in [7, 11) is 4.24. The molecule has 3 rings (SSSR count). The van der Waals surface area contributed by atoms with Crippen LogP contribution in [0.2, 0.25) is 0 Å². The Hall–Kier alpha value is -1.90. The van der Waals surface area contributed by atoms with Crippen LogP contribution in [0.3, 0.4) is 0 Å². The number of hydrogen-bond donors (Lipinski definition) is 1. The van der Waals surface area contributed by atoms with Crippen LogP contribution in [0.25, 0.3) is 10.8 Å². The van der Waals surface area contributed by atoms with Crippen molar-refractivity contribution in [2.24, 2.45) is 0 Å². The number of allylic oxidation sites excluding steroid dienone is 2. The molecule has 1 unspecified atom stereocenters. The molecule has 0 spiro atoms. The fourth-order valence-corrected chi connectivity index (χ4v) is 3.45. The van der Waals surface area contributed by atoms with Crippen LogP contribution in [-0.2, 0) is 6.54 Å². The summed E-state index contributed by atoms with van der Waals surface area (Å²) < 4.78 is 0. The second-order valence-corrected chi connectivity index (χ2v) is 8.32. The zero-order chi connectivity index (χ0) is 18.0. The molecule has 0 amide bonds. The van der Waals surface area contributed by atoms with Gasteiger partial charge in [-0.05, 0) is 62.3 Å². The molecule has 1 N–H and O–H groups in total. The lowest BCUT2D eigenvalue weighted by atomic mass is 9.90. The van der Waals surface area contributed by atoms with Crippen molar-refractivity contribution in [3.8, 4) is 0 Å². The second-order valence-electron chi connectivity index (χ2n) is 8.32. The highest BCUT2D eigenvalue weighted by atomic mass is 15.0. The fourth-order valence-electron chi connectivity index (χ4n) is 3.45. The molecule has 25 heavy (non-hydrogen) atoms. The predicted molar refractivity (Wildman–Crippen MR) is 109 cm³/mol. The highest BCUT2D eigenvalue weighted by Crippen LogP contribution is 2.33. The SMILES string of the molecule is CN(C)CC1=CC(c2ccc3ccccc3c2CNC(C)(C)C)C=C1. The molecule has 0 saturated carbocycles. The molecular weight excluding hydrogens is 304 g/mol. The van der Waals surface area contributed by atoms with Gasteiger partial charge in [0.25, 0.3) is 0 Å². The van der Waals surface area contributed by atoms with E-state index in [1.807, 2.05) is 0 Å². The number of likely N-dealkylation sites (N-methyl/N-ethyl adjacent to an activating group) is 1. The third kappa shape index (κ3) is 4.39. The first-order valence-corrected chi connectivity index (χ1v) is 9.13. The van der Waals surface area contributed by atoms with E-state index in [2.05, 4.69) is 99.7 Å². The molecule has 0 bridgehead atoms. The maximum atomic E-state index is 3.68. The Labute approximate surface area is 152 Å². The van der Waals surface area contributed by atoms with Gasteiger partial charge in [0, 0.05) is 24.5 Å². The number of nitrogens with zero attached hydrogens (tertiary/aromatic N) is 1. The number of fused-ring (bicyclic) bond motifs is 1. The number of hydrogen-bond acceptors (Lipinski definition) is 2. The van der Waals surface area contributed by atoms with E-state index < -0.39 is 0 Å². The highest BCUT2D eigenvalue weighted by molar-refractivity contribution is 5.87. The van der Waals surface area contributed by atoms with E-state index in [1.165, 1.54) is 27.5 Å². The van der Waals surface area contributed by atoms with Gasteiger partial charge >= 0.3 is 0 Å². The molecule has 0 heterocycles. The summed E-state index contributed by atoms with van der Waals surface area (Å²) in [6, 6.07) is 13.3. The van der Waals surface area contributed by atoms with E-state index in [0.29, 0.717) is 5.92 Å². The van der Waals surface area contributed by atoms with Crippen LogP contribution < -0.4 is 5.32 Å². The van der Waals surface area contributed by atoms with Crippen LogP contribution in [-0.4, -0.2) is 31.1 Å². The molecule has 0 saturated heterocycles. The van der Waals surface area contributed by atoms with Crippen LogP contribution in [0.1, 0.15) is 37.8 Å². The summed E-state index contributed by atoms with van der Waals surface area (Å²) >= 11 is 0. The van der Waals surface area contributed by atoms with Crippen molar-refractivity contribution < 1.29 is 0 Å². The maximum absolute atomic E-state index is 3.68. The monoisotopic (exact) mass is 334 g/mol. The largest absolute Gasteiger partial charge is 0.308 e. The smallest absolute Gasteiger partial charge is 0.0224 e. The van der Waals surface area contributed by atoms with Crippen molar-refractivity contribution in [2.75, 3.05) is 20.6 Å². The molecule has 2 aromatic rings. The first-order chi connectivity index (χ1) is 11.8. The average molecular weight is 335 g/mol. The van der Waals surface area contributed by atoms with Gasteiger partial charge in [0.05, 0.1) is 0 Å². The summed E-state index contributed by atoms with van der Waals surface area (Å²) in [5, 5.41) is 6.36. The molecule has 1 aliphatic rings. The second kappa shape index (κ2) is 7.15. The third-order valence-electron chi connectivity index (χ3n) is 4.64. The molecule has 0 radical (unpaired) electrons. The lowest BCUT2D eigenvalue weighted by Crippen LogP contribution is -2.35. The van der Waals surface area contributed by atoms with E-state index in [9.17, 15) is 0 Å². The van der Waals surface area contributed by atoms with Crippen molar-refractivity contribution in [3.05, 3.63) is 71.3 Å². The minimum absolute atomic E-state index is 0.103. The van der Waals surface area contributed by atoms with Crippen molar-refractivity contribution in [3.63, 3.8) is 0 Å². The third-order valence-corrected chi connectivity index (χ3v) is 4.64. The first-order valence-electron chi connectivity index (χ1n) is 9.13. The fraction of sp³-hybridized carbons (Fsp3) is 0.391. The average Bonchev–Trinajstić information content (AvgIpc) is 2.99. The topological polar surface area (TPSA) is 15.3 Å². The number of nitrogens with one attached hydrogen (secondary N) is 1. The van der Waals surface area contributed by atoms with Gasteiger partial charge in [0.15, 0.2) is 0 Å². The molecule has 1 atom stereocenters. The van der Waals surface area contributed by atoms with E-state index in [4.69, 9.17) is 0 Å². The van der Waals surface area contributed by atoms with Gasteiger partial charge in [0.2, 0.25) is 0 Å². The maximum Gasteiger partial charge on any atom is 0.0224 e. The quantitative estimate of drug-likeness (QED) is 0.839. The normalized spacial score (nSPS) is 17.5. The summed E-state index contributed by atoms with van der Waals surface area (Å²) in [6.07, 6.45) is 7.02. The zero-order valence-corrected chi connectivity index (χ0v) is 16.1. The molecular formula is C23H30N2. The van der Waals surface area contributed by atoms with Crippen molar-refractivity contribution in [2.45, 2.75) is 38.8 Å². The Morgan fingerprint density at radius 1 is 1.04 bits per heavy atom. The van der Waals surface area contributed by atoms with E-state index in [0.717, 1.165) is 13.1 Å². The van der Waals surface area contributed by atoms with Crippen molar-refractivity contribution in [1.29, 1.82) is 0 Å². The number of benzene rings is 2. The van der Waals surface area contributed by atoms with Crippen molar-refractivity contribution >= 4 is 10.8 Å². The summed E-state index contributed by atoms with van der Waals surface area (Å²) in [4.78, 5) is 2.22. The van der Waals surface area contributed by atoms with Gasteiger partial charge in [0.1, 0.15) is 0 Å². The Morgan fingerprint density at radius 2 is 1.80 bits per heavy atom. The Morgan fingerprint density at radius 3 is 2.52 bits per heavy atom. The van der Waals surface area contributed by atoms with E-state index >= 15 is 0 Å². The van der Waals surface area contributed by atoms with Gasteiger partial charge in [-0.1, -0.05) is 54.6 Å². The Kier molecular flexibility index (Phi) is 5.12. The van der Waals surface area contributed by atoms with Crippen LogP contribution in [0.5, 0.6) is 0 Å². The molecule has 0 fully saturated rings. The molecule has 2 aromatic carbocycles. The molecule has 0 aromatic heterocycles. The lowest BCUT2D eigenvalue weighted by molar-refractivity contribution is 0.424. The Balaban J connectivity index is 2.00. The minimum atomic E-state index is 0.103. The van der Waals surface area contributed by atoms with Crippen LogP contribution in [0, 0.1) is 0 Å². The molecule has 2 heteroatoms. The number of rotatable bonds is 5. The molecule has 132 valence electrons. The lowest BCUT2D eigenvalue weighted by Gasteiger charge is -2.24. The Bertz CT molecular complexity index is 806. The standard InChI is InChI=1S/C23H30N2/c1-23(2,3)24-15-22-20-9-7-6-8-18(20)12-13-21(22)19-11-10-17(14-19)16-25(4)5/h6-14,19,24H,15-16H2,1-5H3. The summed E-state index contributed by atoms with van der Waals surface area (Å²) in [5.41, 5.74) is 4.34. The molecule has 1 aliphatic carbocycles. The molecule has 0 aliphatic heterocycles. The predicted octanol–water partition coefficient (Wildman–Crippen LogP) is 4.87. The van der Waals surface area contributed by atoms with Gasteiger partial charge < -0.3 is 10.2 Å². The van der Waals surface area contributed by atoms with E-state index in [-0.39, 0.29) is 5.54 Å². The zero-order valence-electron chi connectivity index (χ0n) is 16.1. The van der Waals surface area contributed by atoms with Crippen LogP contribution in [0.15, 0.2) is 60.2 Å². The van der Waals surface area contributed by atoms with Crippen molar-refractivity contribution in [1.82, 2.24) is 10.2 Å².